The monoisotopic (exact) mass is 331 g/mol. The normalized spacial score (nSPS) is 14.7. The number of benzene rings is 2. The first-order valence-electron chi connectivity index (χ1n) is 6.98. The minimum absolute atomic E-state index is 0.0649. The summed E-state index contributed by atoms with van der Waals surface area (Å²) in [7, 11) is 0. The van der Waals surface area contributed by atoms with Crippen LogP contribution >= 0.6 is 15.9 Å². The van der Waals surface area contributed by atoms with Crippen LogP contribution in [0.5, 0.6) is 5.75 Å². The lowest BCUT2D eigenvalue weighted by molar-refractivity contribution is 0.357. The Balaban J connectivity index is 1.66. The fourth-order valence-corrected chi connectivity index (χ4v) is 3.23. The molecule has 104 valence electrons. The van der Waals surface area contributed by atoms with Crippen molar-refractivity contribution in [2.45, 2.75) is 25.3 Å². The third-order valence-electron chi connectivity index (χ3n) is 3.80. The standard InChI is InChI=1S/C17H18BrNO/c18-15-4-2-1-3-14(15)16(19)7-5-12-6-8-17-13(11-12)9-10-20-17/h1-4,6,8,11,16H,5,7,9-10,19H2. The maximum Gasteiger partial charge on any atom is 0.122 e. The van der Waals surface area contributed by atoms with Gasteiger partial charge in [0, 0.05) is 16.9 Å². The molecule has 3 heteroatoms. The number of rotatable bonds is 4. The molecule has 2 aromatic carbocycles. The predicted octanol–water partition coefficient (Wildman–Crippen LogP) is 4.02. The van der Waals surface area contributed by atoms with Crippen molar-refractivity contribution in [1.29, 1.82) is 0 Å². The van der Waals surface area contributed by atoms with E-state index in [4.69, 9.17) is 10.5 Å². The molecule has 1 unspecified atom stereocenters. The summed E-state index contributed by atoms with van der Waals surface area (Å²) >= 11 is 3.57. The van der Waals surface area contributed by atoms with Crippen LogP contribution in [0.2, 0.25) is 0 Å². The third kappa shape index (κ3) is 2.89. The van der Waals surface area contributed by atoms with E-state index in [0.29, 0.717) is 0 Å². The first-order valence-corrected chi connectivity index (χ1v) is 7.78. The van der Waals surface area contributed by atoms with Crippen LogP contribution in [-0.2, 0) is 12.8 Å². The van der Waals surface area contributed by atoms with E-state index in [1.165, 1.54) is 16.7 Å². The lowest BCUT2D eigenvalue weighted by atomic mass is 9.98. The molecule has 0 saturated carbocycles. The highest BCUT2D eigenvalue weighted by molar-refractivity contribution is 9.10. The molecule has 1 aliphatic heterocycles. The van der Waals surface area contributed by atoms with Gasteiger partial charge < -0.3 is 10.5 Å². The molecule has 0 bridgehead atoms. The average molecular weight is 332 g/mol. The van der Waals surface area contributed by atoms with E-state index in [-0.39, 0.29) is 6.04 Å². The quantitative estimate of drug-likeness (QED) is 0.918. The van der Waals surface area contributed by atoms with Crippen molar-refractivity contribution < 1.29 is 4.74 Å². The molecule has 0 aliphatic carbocycles. The number of aryl methyl sites for hydroxylation is 1. The Morgan fingerprint density at radius 3 is 2.90 bits per heavy atom. The first-order chi connectivity index (χ1) is 9.74. The van der Waals surface area contributed by atoms with E-state index in [2.05, 4.69) is 40.2 Å². The fourth-order valence-electron chi connectivity index (χ4n) is 2.65. The molecule has 2 aromatic rings. The van der Waals surface area contributed by atoms with Crippen molar-refractivity contribution in [1.82, 2.24) is 0 Å². The summed E-state index contributed by atoms with van der Waals surface area (Å²) < 4.78 is 6.63. The Labute approximate surface area is 128 Å². The molecule has 1 atom stereocenters. The molecule has 0 spiro atoms. The van der Waals surface area contributed by atoms with Gasteiger partial charge in [-0.05, 0) is 41.7 Å². The van der Waals surface area contributed by atoms with Gasteiger partial charge in [-0.2, -0.15) is 0 Å². The van der Waals surface area contributed by atoms with Crippen LogP contribution in [0.1, 0.15) is 29.2 Å². The maximum atomic E-state index is 6.30. The van der Waals surface area contributed by atoms with Crippen molar-refractivity contribution in [3.8, 4) is 5.75 Å². The Morgan fingerprint density at radius 1 is 1.20 bits per heavy atom. The van der Waals surface area contributed by atoms with Gasteiger partial charge in [0.1, 0.15) is 5.75 Å². The van der Waals surface area contributed by atoms with Gasteiger partial charge in [-0.1, -0.05) is 46.3 Å². The number of hydrogen-bond acceptors (Lipinski definition) is 2. The van der Waals surface area contributed by atoms with Crippen molar-refractivity contribution in [3.05, 3.63) is 63.6 Å². The van der Waals surface area contributed by atoms with Gasteiger partial charge in [-0.15, -0.1) is 0 Å². The summed E-state index contributed by atoms with van der Waals surface area (Å²) in [5.74, 6) is 1.05. The van der Waals surface area contributed by atoms with Crippen LogP contribution < -0.4 is 10.5 Å². The predicted molar refractivity (Wildman–Crippen MR) is 85.0 cm³/mol. The maximum absolute atomic E-state index is 6.30. The van der Waals surface area contributed by atoms with E-state index in [1.54, 1.807) is 0 Å². The molecular weight excluding hydrogens is 314 g/mol. The Kier molecular flexibility index (Phi) is 4.08. The second kappa shape index (κ2) is 5.98. The zero-order chi connectivity index (χ0) is 13.9. The minimum Gasteiger partial charge on any atom is -0.493 e. The second-order valence-electron chi connectivity index (χ2n) is 5.21. The van der Waals surface area contributed by atoms with E-state index in [9.17, 15) is 0 Å². The molecule has 0 amide bonds. The largest absolute Gasteiger partial charge is 0.493 e. The molecule has 1 aliphatic rings. The molecule has 0 fully saturated rings. The van der Waals surface area contributed by atoms with Crippen LogP contribution in [-0.4, -0.2) is 6.61 Å². The highest BCUT2D eigenvalue weighted by Crippen LogP contribution is 2.28. The molecule has 2 N–H and O–H groups in total. The molecule has 0 saturated heterocycles. The summed E-state index contributed by atoms with van der Waals surface area (Å²) in [4.78, 5) is 0. The van der Waals surface area contributed by atoms with E-state index >= 15 is 0 Å². The van der Waals surface area contributed by atoms with Gasteiger partial charge in [0.25, 0.3) is 0 Å². The van der Waals surface area contributed by atoms with Gasteiger partial charge in [-0.3, -0.25) is 0 Å². The highest BCUT2D eigenvalue weighted by atomic mass is 79.9. The van der Waals surface area contributed by atoms with Gasteiger partial charge in [0.15, 0.2) is 0 Å². The van der Waals surface area contributed by atoms with Crippen LogP contribution in [0.3, 0.4) is 0 Å². The third-order valence-corrected chi connectivity index (χ3v) is 4.52. The SMILES string of the molecule is NC(CCc1ccc2c(c1)CCO2)c1ccccc1Br. The molecule has 20 heavy (non-hydrogen) atoms. The van der Waals surface area contributed by atoms with Crippen LogP contribution in [0.25, 0.3) is 0 Å². The molecule has 1 heterocycles. The number of fused-ring (bicyclic) bond motifs is 1. The second-order valence-corrected chi connectivity index (χ2v) is 6.06. The average Bonchev–Trinajstić information content (AvgIpc) is 2.92. The van der Waals surface area contributed by atoms with Crippen LogP contribution in [0.15, 0.2) is 46.9 Å². The van der Waals surface area contributed by atoms with E-state index in [0.717, 1.165) is 36.1 Å². The number of halogens is 1. The Morgan fingerprint density at radius 2 is 2.05 bits per heavy atom. The summed E-state index contributed by atoms with van der Waals surface area (Å²) in [5, 5.41) is 0. The zero-order valence-electron chi connectivity index (χ0n) is 11.3. The summed E-state index contributed by atoms with van der Waals surface area (Å²) in [6, 6.07) is 14.7. The van der Waals surface area contributed by atoms with Gasteiger partial charge >= 0.3 is 0 Å². The Bertz CT molecular complexity index is 612. The molecule has 2 nitrogen and oxygen atoms in total. The number of nitrogens with two attached hydrogens (primary N) is 1. The Hall–Kier alpha value is -1.32. The lowest BCUT2D eigenvalue weighted by Crippen LogP contribution is -2.12. The van der Waals surface area contributed by atoms with Gasteiger partial charge in [0.2, 0.25) is 0 Å². The van der Waals surface area contributed by atoms with Crippen molar-refractivity contribution in [2.75, 3.05) is 6.61 Å². The summed E-state index contributed by atoms with van der Waals surface area (Å²) in [6.07, 6.45) is 2.97. The van der Waals surface area contributed by atoms with Gasteiger partial charge in [-0.25, -0.2) is 0 Å². The summed E-state index contributed by atoms with van der Waals surface area (Å²) in [5.41, 5.74) is 10.2. The van der Waals surface area contributed by atoms with E-state index in [1.807, 2.05) is 18.2 Å². The van der Waals surface area contributed by atoms with Crippen LogP contribution in [0, 0.1) is 0 Å². The first kappa shape index (κ1) is 13.7. The van der Waals surface area contributed by atoms with Crippen molar-refractivity contribution in [2.24, 2.45) is 5.73 Å². The summed E-state index contributed by atoms with van der Waals surface area (Å²) in [6.45, 7) is 0.815. The van der Waals surface area contributed by atoms with Crippen molar-refractivity contribution >= 4 is 15.9 Å². The molecule has 3 rings (SSSR count). The molecule has 0 radical (unpaired) electrons. The van der Waals surface area contributed by atoms with Crippen LogP contribution in [0.4, 0.5) is 0 Å². The minimum atomic E-state index is 0.0649. The molecular formula is C17H18BrNO. The zero-order valence-corrected chi connectivity index (χ0v) is 12.9. The van der Waals surface area contributed by atoms with Crippen molar-refractivity contribution in [3.63, 3.8) is 0 Å². The topological polar surface area (TPSA) is 35.2 Å². The highest BCUT2D eigenvalue weighted by Gasteiger charge is 2.13. The fraction of sp³-hybridized carbons (Fsp3) is 0.294. The lowest BCUT2D eigenvalue weighted by Gasteiger charge is -2.14. The smallest absolute Gasteiger partial charge is 0.122 e. The van der Waals surface area contributed by atoms with Gasteiger partial charge in [0.05, 0.1) is 6.61 Å². The molecule has 0 aromatic heterocycles. The van der Waals surface area contributed by atoms with E-state index < -0.39 is 0 Å². The number of ether oxygens (including phenoxy) is 1. The number of hydrogen-bond donors (Lipinski definition) is 1.